The first kappa shape index (κ1) is 24.5. The molecule has 4 rings (SSSR count). The van der Waals surface area contributed by atoms with Gasteiger partial charge in [0.15, 0.2) is 0 Å². The molecule has 0 atom stereocenters. The van der Waals surface area contributed by atoms with Gasteiger partial charge in [0.25, 0.3) is 0 Å². The number of hydrogen-bond donors (Lipinski definition) is 1. The van der Waals surface area contributed by atoms with Gasteiger partial charge >= 0.3 is 12.2 Å². The predicted molar refractivity (Wildman–Crippen MR) is 130 cm³/mol. The molecule has 184 valence electrons. The summed E-state index contributed by atoms with van der Waals surface area (Å²) in [5.74, 6) is 1.60. The lowest BCUT2D eigenvalue weighted by Gasteiger charge is -2.26. The first-order valence-electron chi connectivity index (χ1n) is 11.6. The molecule has 1 N–H and O–H groups in total. The lowest BCUT2D eigenvalue weighted by molar-refractivity contribution is -0.137. The quantitative estimate of drug-likeness (QED) is 0.536. The Labute approximate surface area is 202 Å². The van der Waals surface area contributed by atoms with Gasteiger partial charge in [-0.1, -0.05) is 30.3 Å². The van der Waals surface area contributed by atoms with E-state index in [1.165, 1.54) is 17.7 Å². The van der Waals surface area contributed by atoms with Crippen molar-refractivity contribution in [2.45, 2.75) is 32.9 Å². The second-order valence-corrected chi connectivity index (χ2v) is 8.65. The van der Waals surface area contributed by atoms with Crippen LogP contribution in [0.1, 0.15) is 34.6 Å². The highest BCUT2D eigenvalue weighted by Gasteiger charge is 2.30. The van der Waals surface area contributed by atoms with Crippen LogP contribution in [0.2, 0.25) is 0 Å². The molecule has 1 saturated heterocycles. The number of halogens is 3. The third-order valence-corrected chi connectivity index (χ3v) is 6.07. The monoisotopic (exact) mass is 483 g/mol. The van der Waals surface area contributed by atoms with Crippen LogP contribution in [0.4, 0.5) is 29.5 Å². The molecule has 0 unspecified atom stereocenters. The van der Waals surface area contributed by atoms with E-state index in [0.717, 1.165) is 48.6 Å². The molecule has 0 radical (unpaired) electrons. The van der Waals surface area contributed by atoms with E-state index in [9.17, 15) is 18.0 Å². The number of aryl methyl sites for hydroxylation is 2. The molecule has 35 heavy (non-hydrogen) atoms. The zero-order chi connectivity index (χ0) is 25.0. The summed E-state index contributed by atoms with van der Waals surface area (Å²) in [6.45, 7) is 6.22. The highest BCUT2D eigenvalue weighted by atomic mass is 19.4. The number of benzene rings is 2. The number of urea groups is 1. The van der Waals surface area contributed by atoms with Crippen LogP contribution in [0.15, 0.2) is 54.6 Å². The summed E-state index contributed by atoms with van der Waals surface area (Å²) in [5.41, 5.74) is 2.78. The molecule has 2 heterocycles. The first-order valence-corrected chi connectivity index (χ1v) is 11.6. The number of carbonyl (C=O) groups excluding carboxylic acids is 1. The molecular formula is C26H28F3N5O. The van der Waals surface area contributed by atoms with Gasteiger partial charge in [0.1, 0.15) is 11.6 Å². The largest absolute Gasteiger partial charge is 0.416 e. The highest BCUT2D eigenvalue weighted by Crippen LogP contribution is 2.30. The van der Waals surface area contributed by atoms with Crippen LogP contribution in [-0.4, -0.2) is 47.1 Å². The standard InChI is InChI=1S/C26H28F3N5O/c1-18-23(17-20-7-4-3-5-8-20)24(31-19(2)30-18)33-13-6-14-34(16-15-33)25(35)32-22-11-9-21(10-12-22)26(27,28)29/h3-5,7-12H,6,13-17H2,1-2H3,(H,32,35). The van der Waals surface area contributed by atoms with E-state index in [4.69, 9.17) is 4.98 Å². The van der Waals surface area contributed by atoms with E-state index in [0.29, 0.717) is 31.1 Å². The van der Waals surface area contributed by atoms with Crippen molar-refractivity contribution in [3.63, 3.8) is 0 Å². The minimum Gasteiger partial charge on any atom is -0.354 e. The highest BCUT2D eigenvalue weighted by molar-refractivity contribution is 5.89. The van der Waals surface area contributed by atoms with Gasteiger partial charge < -0.3 is 15.1 Å². The Morgan fingerprint density at radius 2 is 1.66 bits per heavy atom. The number of alkyl halides is 3. The second kappa shape index (κ2) is 10.3. The summed E-state index contributed by atoms with van der Waals surface area (Å²) in [5, 5.41) is 2.71. The summed E-state index contributed by atoms with van der Waals surface area (Å²) in [6, 6.07) is 14.3. The van der Waals surface area contributed by atoms with Crippen LogP contribution in [-0.2, 0) is 12.6 Å². The van der Waals surface area contributed by atoms with Crippen molar-refractivity contribution in [3.8, 4) is 0 Å². The van der Waals surface area contributed by atoms with Crippen LogP contribution in [0.3, 0.4) is 0 Å². The summed E-state index contributed by atoms with van der Waals surface area (Å²) < 4.78 is 38.4. The van der Waals surface area contributed by atoms with Crippen molar-refractivity contribution in [1.82, 2.24) is 14.9 Å². The topological polar surface area (TPSA) is 61.4 Å². The van der Waals surface area contributed by atoms with Gasteiger partial charge in [-0.2, -0.15) is 13.2 Å². The SMILES string of the molecule is Cc1nc(C)c(Cc2ccccc2)c(N2CCCN(C(=O)Nc3ccc(C(F)(F)F)cc3)CC2)n1. The van der Waals surface area contributed by atoms with Crippen molar-refractivity contribution in [3.05, 3.63) is 82.8 Å². The van der Waals surface area contributed by atoms with E-state index >= 15 is 0 Å². The fourth-order valence-electron chi connectivity index (χ4n) is 4.26. The number of nitrogens with zero attached hydrogens (tertiary/aromatic N) is 4. The van der Waals surface area contributed by atoms with Crippen molar-refractivity contribution < 1.29 is 18.0 Å². The second-order valence-electron chi connectivity index (χ2n) is 8.65. The zero-order valence-electron chi connectivity index (χ0n) is 19.8. The van der Waals surface area contributed by atoms with E-state index < -0.39 is 11.7 Å². The third-order valence-electron chi connectivity index (χ3n) is 6.07. The van der Waals surface area contributed by atoms with E-state index in [1.54, 1.807) is 4.90 Å². The summed E-state index contributed by atoms with van der Waals surface area (Å²) >= 11 is 0. The van der Waals surface area contributed by atoms with Gasteiger partial charge in [-0.15, -0.1) is 0 Å². The zero-order valence-corrected chi connectivity index (χ0v) is 19.8. The van der Waals surface area contributed by atoms with E-state index in [2.05, 4.69) is 27.3 Å². The van der Waals surface area contributed by atoms with Crippen molar-refractivity contribution in [2.24, 2.45) is 0 Å². The van der Waals surface area contributed by atoms with Gasteiger partial charge in [0.2, 0.25) is 0 Å². The molecule has 6 nitrogen and oxygen atoms in total. The lowest BCUT2D eigenvalue weighted by atomic mass is 10.0. The maximum Gasteiger partial charge on any atom is 0.416 e. The fourth-order valence-corrected chi connectivity index (χ4v) is 4.26. The lowest BCUT2D eigenvalue weighted by Crippen LogP contribution is -2.38. The molecule has 0 spiro atoms. The van der Waals surface area contributed by atoms with Crippen LogP contribution >= 0.6 is 0 Å². The molecule has 1 aliphatic heterocycles. The van der Waals surface area contributed by atoms with Crippen molar-refractivity contribution >= 4 is 17.5 Å². The summed E-state index contributed by atoms with van der Waals surface area (Å²) in [7, 11) is 0. The molecule has 0 aliphatic carbocycles. The van der Waals surface area contributed by atoms with Gasteiger partial charge in [0.05, 0.1) is 5.56 Å². The minimum absolute atomic E-state index is 0.328. The van der Waals surface area contributed by atoms with Crippen molar-refractivity contribution in [2.75, 3.05) is 36.4 Å². The number of carbonyl (C=O) groups is 1. The summed E-state index contributed by atoms with van der Waals surface area (Å²) in [6.07, 6.45) is -2.95. The van der Waals surface area contributed by atoms with Gasteiger partial charge in [0, 0.05) is 49.5 Å². The summed E-state index contributed by atoms with van der Waals surface area (Å²) in [4.78, 5) is 26.0. The van der Waals surface area contributed by atoms with Crippen LogP contribution in [0.25, 0.3) is 0 Å². The Kier molecular flexibility index (Phi) is 7.23. The molecule has 2 amide bonds. The molecule has 1 fully saturated rings. The Balaban J connectivity index is 1.45. The molecule has 9 heteroatoms. The molecule has 0 saturated carbocycles. The maximum absolute atomic E-state index is 12.8. The molecule has 0 bridgehead atoms. The van der Waals surface area contributed by atoms with Crippen LogP contribution in [0.5, 0.6) is 0 Å². The Morgan fingerprint density at radius 3 is 2.34 bits per heavy atom. The van der Waals surface area contributed by atoms with Crippen LogP contribution < -0.4 is 10.2 Å². The Hall–Kier alpha value is -3.62. The molecule has 1 aliphatic rings. The Morgan fingerprint density at radius 1 is 0.943 bits per heavy atom. The number of aromatic nitrogens is 2. The van der Waals surface area contributed by atoms with E-state index in [-0.39, 0.29) is 6.03 Å². The Bertz CT molecular complexity index is 1170. The average Bonchev–Trinajstić information content (AvgIpc) is 3.07. The smallest absolute Gasteiger partial charge is 0.354 e. The molecule has 1 aromatic heterocycles. The third kappa shape index (κ3) is 6.09. The predicted octanol–water partition coefficient (Wildman–Crippen LogP) is 5.45. The number of hydrogen-bond acceptors (Lipinski definition) is 4. The number of amides is 2. The number of rotatable bonds is 4. The van der Waals surface area contributed by atoms with Crippen LogP contribution in [0, 0.1) is 13.8 Å². The van der Waals surface area contributed by atoms with E-state index in [1.807, 2.05) is 32.0 Å². The van der Waals surface area contributed by atoms with Gasteiger partial charge in [-0.25, -0.2) is 14.8 Å². The molecular weight excluding hydrogens is 455 g/mol. The minimum atomic E-state index is -4.41. The van der Waals surface area contributed by atoms with Gasteiger partial charge in [-0.3, -0.25) is 0 Å². The van der Waals surface area contributed by atoms with Gasteiger partial charge in [-0.05, 0) is 50.1 Å². The number of anilines is 2. The fraction of sp³-hybridized carbons (Fsp3) is 0.346. The molecule has 3 aromatic rings. The van der Waals surface area contributed by atoms with Crippen molar-refractivity contribution in [1.29, 1.82) is 0 Å². The molecule has 2 aromatic carbocycles. The maximum atomic E-state index is 12.8. The normalized spacial score (nSPS) is 14.5. The average molecular weight is 484 g/mol. The first-order chi connectivity index (χ1) is 16.7. The number of nitrogens with one attached hydrogen (secondary N) is 1.